The van der Waals surface area contributed by atoms with E-state index in [2.05, 4.69) is 5.10 Å². The molecule has 2 atom stereocenters. The van der Waals surface area contributed by atoms with E-state index in [9.17, 15) is 30.8 Å². The normalized spacial score (nSPS) is 23.7. The number of fused-ring (bicyclic) bond motifs is 1. The molecule has 7 nitrogen and oxygen atoms in total. The summed E-state index contributed by atoms with van der Waals surface area (Å²) in [4.78, 5) is 17.0. The number of nitrogens with zero attached hydrogens (tertiary/aromatic N) is 4. The number of alkyl halides is 2. The molecule has 2 aliphatic heterocycles. The number of allylic oxidation sites excluding steroid dienone is 1. The minimum atomic E-state index is -3.59. The molecule has 0 N–H and O–H groups in total. The predicted octanol–water partition coefficient (Wildman–Crippen LogP) is 3.52. The summed E-state index contributed by atoms with van der Waals surface area (Å²) in [5, 5.41) is 4.39. The molecule has 0 saturated carbocycles. The maximum atomic E-state index is 14.6. The Morgan fingerprint density at radius 3 is 2.49 bits per heavy atom. The first-order valence-corrected chi connectivity index (χ1v) is 13.8. The van der Waals surface area contributed by atoms with Crippen molar-refractivity contribution in [2.24, 2.45) is 5.92 Å². The standard InChI is InChI=1S/C25H26F4N4O3S/c1-15-19(26)4-6-22(23(15)27)33-13-16-12-32(14-20(16)30-33)24(34)18-11-17(37(2,35)36)3-5-21(18)31-9-7-25(28,29)8-10-31/h3-6,11,13,18,21H,7-10,12,14H2,1-2H3. The Hall–Kier alpha value is -2.99. The quantitative estimate of drug-likeness (QED) is 0.557. The number of piperidine rings is 1. The van der Waals surface area contributed by atoms with Crippen LogP contribution in [0.4, 0.5) is 17.6 Å². The maximum absolute atomic E-state index is 14.6. The summed E-state index contributed by atoms with van der Waals surface area (Å²) in [5.74, 6) is -5.37. The smallest absolute Gasteiger partial charge is 0.250 e. The maximum Gasteiger partial charge on any atom is 0.250 e. The van der Waals surface area contributed by atoms with Gasteiger partial charge in [0.2, 0.25) is 5.91 Å². The van der Waals surface area contributed by atoms with Crippen LogP contribution in [0.3, 0.4) is 0 Å². The molecule has 3 heterocycles. The second kappa shape index (κ2) is 9.09. The van der Waals surface area contributed by atoms with E-state index in [1.807, 2.05) is 0 Å². The van der Waals surface area contributed by atoms with E-state index in [-0.39, 0.29) is 61.1 Å². The molecule has 0 radical (unpaired) electrons. The van der Waals surface area contributed by atoms with E-state index in [1.165, 1.54) is 34.7 Å². The molecule has 37 heavy (non-hydrogen) atoms. The Morgan fingerprint density at radius 2 is 1.84 bits per heavy atom. The molecule has 1 amide bonds. The molecule has 2 unspecified atom stereocenters. The summed E-state index contributed by atoms with van der Waals surface area (Å²) in [7, 11) is -3.59. The van der Waals surface area contributed by atoms with Crippen molar-refractivity contribution in [2.75, 3.05) is 19.3 Å². The molecule has 5 rings (SSSR count). The highest BCUT2D eigenvalue weighted by Gasteiger charge is 2.42. The minimum absolute atomic E-state index is 0.00807. The molecule has 1 aromatic carbocycles. The predicted molar refractivity (Wildman–Crippen MR) is 128 cm³/mol. The third-order valence-electron chi connectivity index (χ3n) is 7.27. The van der Waals surface area contributed by atoms with Crippen LogP contribution in [-0.4, -0.2) is 65.2 Å². The molecule has 1 aliphatic carbocycles. The zero-order chi connectivity index (χ0) is 26.7. The van der Waals surface area contributed by atoms with Crippen molar-refractivity contribution < 1.29 is 30.8 Å². The third-order valence-corrected chi connectivity index (χ3v) is 8.40. The van der Waals surface area contributed by atoms with E-state index < -0.39 is 39.4 Å². The van der Waals surface area contributed by atoms with Gasteiger partial charge in [0.1, 0.15) is 11.5 Å². The lowest BCUT2D eigenvalue weighted by Gasteiger charge is -2.40. The van der Waals surface area contributed by atoms with Gasteiger partial charge in [-0.2, -0.15) is 5.10 Å². The second-order valence-electron chi connectivity index (χ2n) is 9.85. The van der Waals surface area contributed by atoms with Crippen LogP contribution >= 0.6 is 0 Å². The second-order valence-corrected chi connectivity index (χ2v) is 11.9. The van der Waals surface area contributed by atoms with Gasteiger partial charge in [-0.05, 0) is 25.1 Å². The minimum Gasteiger partial charge on any atom is -0.332 e. The Labute approximate surface area is 212 Å². The van der Waals surface area contributed by atoms with Gasteiger partial charge in [-0.25, -0.2) is 30.7 Å². The van der Waals surface area contributed by atoms with Crippen molar-refractivity contribution in [2.45, 2.75) is 44.8 Å². The van der Waals surface area contributed by atoms with Crippen molar-refractivity contribution >= 4 is 15.7 Å². The van der Waals surface area contributed by atoms with Crippen LogP contribution in [0.5, 0.6) is 0 Å². The lowest BCUT2D eigenvalue weighted by molar-refractivity contribution is -0.137. The summed E-state index contributed by atoms with van der Waals surface area (Å²) in [6, 6.07) is 1.90. The molecule has 1 aromatic heterocycles. The van der Waals surface area contributed by atoms with Gasteiger partial charge in [0.15, 0.2) is 15.7 Å². The summed E-state index contributed by atoms with van der Waals surface area (Å²) in [6.45, 7) is 1.80. The van der Waals surface area contributed by atoms with Crippen molar-refractivity contribution in [1.82, 2.24) is 19.6 Å². The Morgan fingerprint density at radius 1 is 1.14 bits per heavy atom. The highest BCUT2D eigenvalue weighted by Crippen LogP contribution is 2.35. The van der Waals surface area contributed by atoms with Crippen molar-refractivity contribution in [3.05, 3.63) is 69.9 Å². The highest BCUT2D eigenvalue weighted by molar-refractivity contribution is 7.94. The van der Waals surface area contributed by atoms with E-state index in [1.54, 1.807) is 17.2 Å². The summed E-state index contributed by atoms with van der Waals surface area (Å²) < 4.78 is 81.4. The largest absolute Gasteiger partial charge is 0.332 e. The van der Waals surface area contributed by atoms with Crippen LogP contribution in [0.2, 0.25) is 0 Å². The van der Waals surface area contributed by atoms with Gasteiger partial charge >= 0.3 is 0 Å². The SMILES string of the molecule is Cc1c(F)ccc(-n2cc3c(n2)CN(C(=O)C2C=C(S(C)(=O)=O)C=CC2N2CCC(F)(F)CC2)C3)c1F. The molecule has 3 aliphatic rings. The number of aromatic nitrogens is 2. The third kappa shape index (κ3) is 4.84. The van der Waals surface area contributed by atoms with Gasteiger partial charge in [0.05, 0.1) is 23.1 Å². The fraction of sp³-hybridized carbons (Fsp3) is 0.440. The molecule has 2 aromatic rings. The fourth-order valence-electron chi connectivity index (χ4n) is 5.07. The number of carbonyl (C=O) groups excluding carboxylic acids is 1. The van der Waals surface area contributed by atoms with Crippen LogP contribution in [0.25, 0.3) is 5.69 Å². The zero-order valence-electron chi connectivity index (χ0n) is 20.3. The summed E-state index contributed by atoms with van der Waals surface area (Å²) >= 11 is 0. The van der Waals surface area contributed by atoms with Crippen LogP contribution in [0.15, 0.2) is 41.5 Å². The zero-order valence-corrected chi connectivity index (χ0v) is 21.1. The number of benzene rings is 1. The van der Waals surface area contributed by atoms with Crippen LogP contribution in [0.1, 0.15) is 29.7 Å². The van der Waals surface area contributed by atoms with E-state index in [0.717, 1.165) is 12.3 Å². The lowest BCUT2D eigenvalue weighted by Crippen LogP contribution is -2.51. The van der Waals surface area contributed by atoms with Gasteiger partial charge in [0.25, 0.3) is 5.92 Å². The number of sulfone groups is 1. The molecular formula is C25H26F4N4O3S. The number of rotatable bonds is 4. The van der Waals surface area contributed by atoms with Crippen LogP contribution in [-0.2, 0) is 27.7 Å². The first kappa shape index (κ1) is 25.7. The topological polar surface area (TPSA) is 75.5 Å². The number of hydrogen-bond acceptors (Lipinski definition) is 5. The molecule has 0 bridgehead atoms. The monoisotopic (exact) mass is 538 g/mol. The van der Waals surface area contributed by atoms with Gasteiger partial charge in [0, 0.05) is 62.1 Å². The van der Waals surface area contributed by atoms with Crippen molar-refractivity contribution in [1.29, 1.82) is 0 Å². The fourth-order valence-corrected chi connectivity index (χ4v) is 5.79. The molecule has 198 valence electrons. The van der Waals surface area contributed by atoms with E-state index in [4.69, 9.17) is 0 Å². The van der Waals surface area contributed by atoms with Gasteiger partial charge in [-0.15, -0.1) is 0 Å². The molecule has 1 saturated heterocycles. The van der Waals surface area contributed by atoms with Gasteiger partial charge in [-0.3, -0.25) is 9.69 Å². The number of hydrogen-bond donors (Lipinski definition) is 0. The van der Waals surface area contributed by atoms with E-state index >= 15 is 0 Å². The highest BCUT2D eigenvalue weighted by atomic mass is 32.2. The van der Waals surface area contributed by atoms with Crippen LogP contribution < -0.4 is 0 Å². The molecule has 12 heteroatoms. The van der Waals surface area contributed by atoms with Crippen LogP contribution in [0, 0.1) is 24.5 Å². The number of carbonyl (C=O) groups is 1. The molecular weight excluding hydrogens is 512 g/mol. The lowest BCUT2D eigenvalue weighted by atomic mass is 9.90. The summed E-state index contributed by atoms with van der Waals surface area (Å²) in [5.41, 5.74) is 1.20. The van der Waals surface area contributed by atoms with E-state index in [0.29, 0.717) is 11.3 Å². The number of likely N-dealkylation sites (tertiary alicyclic amines) is 1. The Bertz CT molecular complexity index is 1400. The molecule has 1 fully saturated rings. The molecule has 0 spiro atoms. The first-order chi connectivity index (χ1) is 17.3. The van der Waals surface area contributed by atoms with Crippen molar-refractivity contribution in [3.63, 3.8) is 0 Å². The first-order valence-electron chi connectivity index (χ1n) is 11.9. The van der Waals surface area contributed by atoms with Crippen molar-refractivity contribution in [3.8, 4) is 5.69 Å². The van der Waals surface area contributed by atoms with Gasteiger partial charge < -0.3 is 4.90 Å². The van der Waals surface area contributed by atoms with Gasteiger partial charge in [-0.1, -0.05) is 12.2 Å². The average Bonchev–Trinajstić information content (AvgIpc) is 3.41. The number of amides is 1. The Kier molecular flexibility index (Phi) is 6.30. The number of halogens is 4. The Balaban J connectivity index is 1.38. The summed E-state index contributed by atoms with van der Waals surface area (Å²) in [6.07, 6.45) is 6.42. The average molecular weight is 539 g/mol.